The van der Waals surface area contributed by atoms with Crippen LogP contribution in [-0.4, -0.2) is 66.2 Å². The maximum Gasteiger partial charge on any atom is 0.257 e. The van der Waals surface area contributed by atoms with Crippen molar-refractivity contribution in [3.8, 4) is 5.75 Å². The molecular weight excluding hydrogens is 316 g/mol. The van der Waals surface area contributed by atoms with Crippen molar-refractivity contribution in [2.45, 2.75) is 26.3 Å². The van der Waals surface area contributed by atoms with Crippen molar-refractivity contribution in [1.82, 2.24) is 9.80 Å². The zero-order valence-corrected chi connectivity index (χ0v) is 14.6. The summed E-state index contributed by atoms with van der Waals surface area (Å²) in [6.45, 7) is 7.48. The van der Waals surface area contributed by atoms with Gasteiger partial charge in [0.1, 0.15) is 5.75 Å². The van der Waals surface area contributed by atoms with Crippen molar-refractivity contribution in [3.63, 3.8) is 0 Å². The lowest BCUT2D eigenvalue weighted by atomic mass is 10.1. The minimum Gasteiger partial charge on any atom is -0.493 e. The van der Waals surface area contributed by atoms with Crippen LogP contribution in [-0.2, 0) is 0 Å². The molecule has 1 aliphatic heterocycles. The second kappa shape index (κ2) is 8.52. The molecule has 5 nitrogen and oxygen atoms in total. The van der Waals surface area contributed by atoms with E-state index in [-0.39, 0.29) is 18.6 Å². The van der Waals surface area contributed by atoms with Gasteiger partial charge in [0.15, 0.2) is 0 Å². The first-order valence-corrected chi connectivity index (χ1v) is 8.55. The largest absolute Gasteiger partial charge is 0.493 e. The highest BCUT2D eigenvalue weighted by Crippen LogP contribution is 2.25. The maximum absolute atomic E-state index is 12.8. The summed E-state index contributed by atoms with van der Waals surface area (Å²) < 4.78 is 5.55. The van der Waals surface area contributed by atoms with Crippen molar-refractivity contribution < 1.29 is 14.6 Å². The number of carbonyl (C=O) groups is 1. The molecule has 1 aromatic rings. The SMILES string of the molecule is CCOc1cc(Cl)ccc1C(=O)N1CCN(C(CC)CO)CC1. The molecule has 2 rings (SSSR count). The lowest BCUT2D eigenvalue weighted by Crippen LogP contribution is -2.52. The summed E-state index contributed by atoms with van der Waals surface area (Å²) in [5.74, 6) is 0.510. The van der Waals surface area contributed by atoms with Gasteiger partial charge in [-0.3, -0.25) is 9.69 Å². The van der Waals surface area contributed by atoms with E-state index < -0.39 is 0 Å². The molecule has 1 unspecified atom stereocenters. The molecular formula is C17H25ClN2O3. The van der Waals surface area contributed by atoms with E-state index in [1.54, 1.807) is 18.2 Å². The number of halogens is 1. The number of nitrogens with zero attached hydrogens (tertiary/aromatic N) is 2. The second-order valence-corrected chi connectivity index (χ2v) is 6.08. The molecule has 1 aliphatic rings. The predicted octanol–water partition coefficient (Wildman–Crippen LogP) is 2.27. The fourth-order valence-corrected chi connectivity index (χ4v) is 3.07. The number of piperazine rings is 1. The van der Waals surface area contributed by atoms with Crippen LogP contribution in [0.1, 0.15) is 30.6 Å². The average Bonchev–Trinajstić information content (AvgIpc) is 2.56. The van der Waals surface area contributed by atoms with Crippen molar-refractivity contribution >= 4 is 17.5 Å². The molecule has 1 aromatic carbocycles. The molecule has 0 spiro atoms. The summed E-state index contributed by atoms with van der Waals surface area (Å²) in [4.78, 5) is 16.8. The minimum absolute atomic E-state index is 0.0261. The van der Waals surface area contributed by atoms with Gasteiger partial charge in [-0.25, -0.2) is 0 Å². The van der Waals surface area contributed by atoms with Gasteiger partial charge < -0.3 is 14.7 Å². The van der Waals surface area contributed by atoms with Gasteiger partial charge in [-0.1, -0.05) is 18.5 Å². The number of ether oxygens (including phenoxy) is 1. The lowest BCUT2D eigenvalue weighted by Gasteiger charge is -2.38. The summed E-state index contributed by atoms with van der Waals surface area (Å²) >= 11 is 5.99. The highest BCUT2D eigenvalue weighted by atomic mass is 35.5. The highest BCUT2D eigenvalue weighted by Gasteiger charge is 2.27. The molecule has 0 bridgehead atoms. The third-order valence-corrected chi connectivity index (χ3v) is 4.51. The molecule has 0 aliphatic carbocycles. The number of aliphatic hydroxyl groups is 1. The standard InChI is InChI=1S/C17H25ClN2O3/c1-3-14(12-21)19-7-9-20(10-8-19)17(22)15-6-5-13(18)11-16(15)23-4-2/h5-6,11,14,21H,3-4,7-10,12H2,1-2H3. The van der Waals surface area contributed by atoms with Gasteiger partial charge in [0.25, 0.3) is 5.91 Å². The number of carbonyl (C=O) groups excluding carboxylic acids is 1. The predicted molar refractivity (Wildman–Crippen MR) is 91.3 cm³/mol. The zero-order chi connectivity index (χ0) is 16.8. The Hall–Kier alpha value is -1.30. The molecule has 1 N–H and O–H groups in total. The van der Waals surface area contributed by atoms with E-state index in [0.717, 1.165) is 19.5 Å². The zero-order valence-electron chi connectivity index (χ0n) is 13.8. The van der Waals surface area contributed by atoms with Gasteiger partial charge in [0.05, 0.1) is 18.8 Å². The molecule has 1 amide bonds. The van der Waals surface area contributed by atoms with Crippen LogP contribution in [0, 0.1) is 0 Å². The molecule has 1 fully saturated rings. The summed E-state index contributed by atoms with van der Waals surface area (Å²) in [5.41, 5.74) is 0.555. The average molecular weight is 341 g/mol. The number of rotatable bonds is 6. The summed E-state index contributed by atoms with van der Waals surface area (Å²) in [7, 11) is 0. The summed E-state index contributed by atoms with van der Waals surface area (Å²) in [6, 6.07) is 5.31. The molecule has 1 heterocycles. The van der Waals surface area contributed by atoms with E-state index >= 15 is 0 Å². The van der Waals surface area contributed by atoms with E-state index in [0.29, 0.717) is 36.0 Å². The van der Waals surface area contributed by atoms with Crippen molar-refractivity contribution in [1.29, 1.82) is 0 Å². The molecule has 1 atom stereocenters. The maximum atomic E-state index is 12.8. The van der Waals surface area contributed by atoms with Crippen LogP contribution in [0.15, 0.2) is 18.2 Å². The van der Waals surface area contributed by atoms with Gasteiger partial charge >= 0.3 is 0 Å². The van der Waals surface area contributed by atoms with Crippen LogP contribution in [0.2, 0.25) is 5.02 Å². The van der Waals surface area contributed by atoms with E-state index in [4.69, 9.17) is 16.3 Å². The first-order valence-electron chi connectivity index (χ1n) is 8.17. The van der Waals surface area contributed by atoms with Crippen LogP contribution >= 0.6 is 11.6 Å². The van der Waals surface area contributed by atoms with Crippen LogP contribution in [0.4, 0.5) is 0 Å². The van der Waals surface area contributed by atoms with Crippen LogP contribution < -0.4 is 4.74 Å². The van der Waals surface area contributed by atoms with Crippen LogP contribution in [0.25, 0.3) is 0 Å². The van der Waals surface area contributed by atoms with Gasteiger partial charge in [-0.05, 0) is 31.5 Å². The first-order chi connectivity index (χ1) is 11.1. The first kappa shape index (κ1) is 18.0. The molecule has 128 valence electrons. The van der Waals surface area contributed by atoms with Gasteiger partial charge in [0, 0.05) is 37.2 Å². The Morgan fingerprint density at radius 2 is 2.00 bits per heavy atom. The van der Waals surface area contributed by atoms with Gasteiger partial charge in [0.2, 0.25) is 0 Å². The Morgan fingerprint density at radius 1 is 1.30 bits per heavy atom. The van der Waals surface area contributed by atoms with Crippen LogP contribution in [0.3, 0.4) is 0 Å². The third-order valence-electron chi connectivity index (χ3n) is 4.27. The second-order valence-electron chi connectivity index (χ2n) is 5.65. The number of aliphatic hydroxyl groups excluding tert-OH is 1. The Bertz CT molecular complexity index is 527. The molecule has 0 aromatic heterocycles. The monoisotopic (exact) mass is 340 g/mol. The normalized spacial score (nSPS) is 17.1. The minimum atomic E-state index is -0.0261. The summed E-state index contributed by atoms with van der Waals surface area (Å²) in [6.07, 6.45) is 0.913. The van der Waals surface area contributed by atoms with E-state index in [9.17, 15) is 9.90 Å². The van der Waals surface area contributed by atoms with Crippen molar-refractivity contribution in [2.24, 2.45) is 0 Å². The fraction of sp³-hybridized carbons (Fsp3) is 0.588. The van der Waals surface area contributed by atoms with E-state index in [1.807, 2.05) is 11.8 Å². The number of benzene rings is 1. The molecule has 0 saturated carbocycles. The van der Waals surface area contributed by atoms with E-state index in [1.165, 1.54) is 0 Å². The molecule has 23 heavy (non-hydrogen) atoms. The van der Waals surface area contributed by atoms with E-state index in [2.05, 4.69) is 11.8 Å². The molecule has 0 radical (unpaired) electrons. The number of hydrogen-bond donors (Lipinski definition) is 1. The fourth-order valence-electron chi connectivity index (χ4n) is 2.91. The molecule has 6 heteroatoms. The smallest absolute Gasteiger partial charge is 0.257 e. The van der Waals surface area contributed by atoms with Gasteiger partial charge in [-0.15, -0.1) is 0 Å². The van der Waals surface area contributed by atoms with Crippen molar-refractivity contribution in [2.75, 3.05) is 39.4 Å². The Morgan fingerprint density at radius 3 is 2.57 bits per heavy atom. The van der Waals surface area contributed by atoms with Gasteiger partial charge in [-0.2, -0.15) is 0 Å². The lowest BCUT2D eigenvalue weighted by molar-refractivity contribution is 0.0469. The Labute approximate surface area is 142 Å². The van der Waals surface area contributed by atoms with Crippen LogP contribution in [0.5, 0.6) is 5.75 Å². The molecule has 1 saturated heterocycles. The number of amides is 1. The topological polar surface area (TPSA) is 53.0 Å². The number of hydrogen-bond acceptors (Lipinski definition) is 4. The quantitative estimate of drug-likeness (QED) is 0.863. The Kier molecular flexibility index (Phi) is 6.69. The Balaban J connectivity index is 2.05. The third kappa shape index (κ3) is 4.37. The highest BCUT2D eigenvalue weighted by molar-refractivity contribution is 6.30. The van der Waals surface area contributed by atoms with Crippen molar-refractivity contribution in [3.05, 3.63) is 28.8 Å². The summed E-state index contributed by atoms with van der Waals surface area (Å²) in [5, 5.41) is 9.96.